The molecule has 0 fully saturated rings. The molecular formula is C80H73Cl8N23O2. The molecule has 0 saturated heterocycles. The van der Waals surface area contributed by atoms with Crippen LogP contribution in [0.25, 0.3) is 38.2 Å². The molecule has 0 radical (unpaired) electrons. The highest BCUT2D eigenvalue weighted by molar-refractivity contribution is 6.33. The number of azide groups is 1. The van der Waals surface area contributed by atoms with Crippen LogP contribution in [0.15, 0.2) is 222 Å². The van der Waals surface area contributed by atoms with Crippen LogP contribution in [0, 0.1) is 36.5 Å². The van der Waals surface area contributed by atoms with E-state index in [1.807, 2.05) is 175 Å². The van der Waals surface area contributed by atoms with E-state index < -0.39 is 11.2 Å². The number of fused-ring (bicyclic) bond motifs is 2. The van der Waals surface area contributed by atoms with E-state index in [9.17, 15) is 14.9 Å². The van der Waals surface area contributed by atoms with Gasteiger partial charge in [0.2, 0.25) is 27.1 Å². The first kappa shape index (κ1) is 86.9. The highest BCUT2D eigenvalue weighted by Crippen LogP contribution is 2.28. The molecule has 33 heteroatoms. The molecule has 8 aromatic heterocycles. The van der Waals surface area contributed by atoms with Crippen molar-refractivity contribution in [3.8, 4) is 18.1 Å². The van der Waals surface area contributed by atoms with Crippen molar-refractivity contribution in [3.05, 3.63) is 343 Å². The Bertz CT molecular complexity index is 5560. The molecule has 113 heavy (non-hydrogen) atoms. The topological polar surface area (TPSA) is 360 Å². The number of hydrogen-bond acceptors (Lipinski definition) is 19. The van der Waals surface area contributed by atoms with Gasteiger partial charge in [0.05, 0.1) is 53.0 Å². The van der Waals surface area contributed by atoms with E-state index in [1.54, 1.807) is 18.6 Å². The van der Waals surface area contributed by atoms with E-state index in [0.717, 1.165) is 92.0 Å². The number of aryl methyl sites for hydroxylation is 4. The van der Waals surface area contributed by atoms with Crippen molar-refractivity contribution >= 4 is 138 Å². The monoisotopic (exact) mass is 1670 g/mol. The van der Waals surface area contributed by atoms with Crippen molar-refractivity contribution in [1.29, 1.82) is 10.5 Å². The summed E-state index contributed by atoms with van der Waals surface area (Å²) in [6.07, 6.45) is 11.4. The second kappa shape index (κ2) is 46.2. The fraction of sp³-hybridized carbons (Fsp3) is 0.175. The molecule has 0 amide bonds. The molecule has 0 saturated carbocycles. The minimum atomic E-state index is -0.515. The Morgan fingerprint density at radius 3 is 1.35 bits per heavy atom. The molecule has 0 aliphatic carbocycles. The first-order chi connectivity index (χ1) is 54.9. The van der Waals surface area contributed by atoms with Gasteiger partial charge in [-0.15, -0.1) is 34.8 Å². The van der Waals surface area contributed by atoms with Gasteiger partial charge in [0.25, 0.3) is 5.56 Å². The molecule has 0 aliphatic heterocycles. The van der Waals surface area contributed by atoms with Gasteiger partial charge in [-0.3, -0.25) is 14.3 Å². The summed E-state index contributed by atoms with van der Waals surface area (Å²) in [5.41, 5.74) is 22.3. The van der Waals surface area contributed by atoms with Gasteiger partial charge in [0, 0.05) is 129 Å². The predicted molar refractivity (Wildman–Crippen MR) is 452 cm³/mol. The van der Waals surface area contributed by atoms with E-state index in [4.69, 9.17) is 109 Å². The normalized spacial score (nSPS) is 10.2. The van der Waals surface area contributed by atoms with Gasteiger partial charge < -0.3 is 31.2 Å². The summed E-state index contributed by atoms with van der Waals surface area (Å²) in [6, 6.07) is 60.2. The average molecular weight is 1670 g/mol. The number of halogens is 8. The van der Waals surface area contributed by atoms with Crippen LogP contribution in [0.4, 0.5) is 23.3 Å². The second-order valence-corrected chi connectivity index (χ2v) is 26.3. The van der Waals surface area contributed by atoms with Gasteiger partial charge in [0.15, 0.2) is 0 Å². The number of nitrogens with zero attached hydrogens (tertiary/aromatic N) is 16. The zero-order chi connectivity index (χ0) is 80.9. The number of aromatic nitrogens is 14. The molecule has 14 aromatic rings. The molecule has 25 nitrogen and oxygen atoms in total. The fourth-order valence-electron chi connectivity index (χ4n) is 10.3. The van der Waals surface area contributed by atoms with Gasteiger partial charge in [-0.1, -0.05) is 164 Å². The number of rotatable bonds is 20. The van der Waals surface area contributed by atoms with E-state index >= 15 is 0 Å². The van der Waals surface area contributed by atoms with Crippen molar-refractivity contribution in [2.75, 3.05) is 21.3 Å². The van der Waals surface area contributed by atoms with Crippen LogP contribution in [0.2, 0.25) is 26.3 Å². The van der Waals surface area contributed by atoms with Gasteiger partial charge >= 0.3 is 5.69 Å². The van der Waals surface area contributed by atoms with E-state index in [-0.39, 0.29) is 33.6 Å². The number of H-pyrrole nitrogens is 3. The van der Waals surface area contributed by atoms with E-state index in [2.05, 4.69) is 136 Å². The van der Waals surface area contributed by atoms with Gasteiger partial charge in [-0.25, -0.2) is 49.7 Å². The van der Waals surface area contributed by atoms with Crippen molar-refractivity contribution in [2.24, 2.45) is 5.11 Å². The highest BCUT2D eigenvalue weighted by atomic mass is 35.5. The predicted octanol–water partition coefficient (Wildman–Crippen LogP) is 19.8. The van der Waals surface area contributed by atoms with Crippen LogP contribution in [-0.4, -0.2) is 69.4 Å². The van der Waals surface area contributed by atoms with Gasteiger partial charge in [-0.2, -0.15) is 15.5 Å². The summed E-state index contributed by atoms with van der Waals surface area (Å²) >= 11 is 45.0. The largest absolute Gasteiger partial charge is 0.366 e. The number of benzene rings is 6. The minimum Gasteiger partial charge on any atom is -0.366 e. The van der Waals surface area contributed by atoms with Crippen molar-refractivity contribution in [2.45, 2.75) is 90.9 Å². The maximum Gasteiger partial charge on any atom is 0.325 e. The van der Waals surface area contributed by atoms with Crippen molar-refractivity contribution < 1.29 is 0 Å². The van der Waals surface area contributed by atoms with Crippen molar-refractivity contribution in [3.63, 3.8) is 0 Å². The number of anilines is 4. The molecule has 0 unspecified atom stereocenters. The Kier molecular flexibility index (Phi) is 35.5. The molecule has 0 aliphatic rings. The summed E-state index contributed by atoms with van der Waals surface area (Å²) < 4.78 is 2.00. The quantitative estimate of drug-likeness (QED) is 0.00930. The summed E-state index contributed by atoms with van der Waals surface area (Å²) in [5.74, 6) is 4.29. The third-order valence-electron chi connectivity index (χ3n) is 16.0. The zero-order valence-electron chi connectivity index (χ0n) is 61.2. The van der Waals surface area contributed by atoms with E-state index in [1.165, 1.54) is 29.1 Å². The maximum atomic E-state index is 10.7. The first-order valence-corrected chi connectivity index (χ1v) is 38.0. The van der Waals surface area contributed by atoms with Gasteiger partial charge in [-0.05, 0) is 137 Å². The standard InChI is InChI=1S/C23H21N5.C13H14ClN3.C12H11Cl2N3.C12H11ClN6.C10H8N2.C5H3Cl3N2.C5H5ClN2O2/c1-3-18-15-26-23(27-22(18)25-14-17-8-5-4-6-9-17)28-16(2)12-20-19(13-24)10-7-11-21(20)28;1-2-11-9-16-13(14)17-12(11)15-8-10-6-4-3-5-7-10;13-6-10-8-16-12(14)17-11(10)15-7-9-4-2-1-3-5-9;13-12-16-7-10(8-17-19-14)11(18-12)15-6-9-4-2-1-3-5-9;1-7-5-9-8(6-11)3-2-4-10(9)12-7;6-1-3-2-9-5(8)10-4(3)7;6-1-3-2-7-5(10)8-4(3)9/h4-12,15H,3,14H2,1-2H3,(H,25,26,27);3-7,9H,2,8H2,1H3,(H,15,16,17);1-5,8H,6-7H2,(H,15,16,17);1-5,7H,6,8H2,(H,15,16,18);2-5,12H,1H3;2H,1H2;2H,1H2,(H2,7,8,9,10). The molecule has 8 heterocycles. The Morgan fingerprint density at radius 1 is 0.478 bits per heavy atom. The van der Waals surface area contributed by atoms with Crippen LogP contribution in [0.1, 0.15) is 92.0 Å². The lowest BCUT2D eigenvalue weighted by molar-refractivity contribution is 0.905. The zero-order valence-corrected chi connectivity index (χ0v) is 67.2. The first-order valence-electron chi connectivity index (χ1n) is 34.6. The third kappa shape index (κ3) is 27.3. The average Bonchev–Trinajstić information content (AvgIpc) is 1.63. The van der Waals surface area contributed by atoms with Crippen LogP contribution < -0.4 is 32.5 Å². The Morgan fingerprint density at radius 2 is 0.894 bits per heavy atom. The second-order valence-electron chi connectivity index (χ2n) is 23.8. The number of alkyl halides is 3. The maximum absolute atomic E-state index is 10.7. The lowest BCUT2D eigenvalue weighted by atomic mass is 10.1. The Hall–Kier alpha value is -11.7. The highest BCUT2D eigenvalue weighted by Gasteiger charge is 2.16. The molecule has 0 bridgehead atoms. The number of nitriles is 2. The van der Waals surface area contributed by atoms with Gasteiger partial charge in [0.1, 0.15) is 28.4 Å². The molecule has 0 atom stereocenters. The Balaban J connectivity index is 0.000000170. The minimum absolute atomic E-state index is 0.103. The number of hydrogen-bond donors (Lipinski definition) is 7. The van der Waals surface area contributed by atoms with Crippen LogP contribution in [-0.2, 0) is 63.2 Å². The number of nitrogens with one attached hydrogen (secondary N) is 7. The van der Waals surface area contributed by atoms with Crippen LogP contribution >= 0.6 is 92.8 Å². The lowest BCUT2D eigenvalue weighted by Gasteiger charge is -2.13. The fourth-order valence-corrected chi connectivity index (χ4v) is 11.8. The molecule has 14 rings (SSSR count). The summed E-state index contributed by atoms with van der Waals surface area (Å²) in [4.78, 5) is 72.3. The molecular weight excluding hydrogens is 1600 g/mol. The summed E-state index contributed by atoms with van der Waals surface area (Å²) in [6.45, 7) is 11.1. The van der Waals surface area contributed by atoms with E-state index in [0.29, 0.717) is 76.4 Å². The molecule has 6 aromatic carbocycles. The van der Waals surface area contributed by atoms with Crippen LogP contribution in [0.5, 0.6) is 0 Å². The Labute approximate surface area is 690 Å². The molecule has 0 spiro atoms. The SMILES string of the molecule is CCc1cnc(-n2c(C)cc3c(C#N)cccc32)nc1NCc1ccccc1.CCc1cnc(Cl)nc1NCc1ccccc1.Cc1cc2c(C#N)cccc2[nH]1.ClCc1cnc(Cl)nc1Cl.ClCc1cnc(Cl)nc1NCc1ccccc1.O=c1[nH]cc(CCl)c(=O)[nH]1.[N-]=[N+]=NCc1cnc(Cl)nc1NCc1ccccc1. The smallest absolute Gasteiger partial charge is 0.325 e. The van der Waals surface area contributed by atoms with Crippen LogP contribution in [0.3, 0.4) is 0 Å². The summed E-state index contributed by atoms with van der Waals surface area (Å²) in [5, 5.41) is 37.8. The van der Waals surface area contributed by atoms with Crippen molar-refractivity contribution in [1.82, 2.24) is 69.4 Å². The molecule has 7 N–H and O–H groups in total. The lowest BCUT2D eigenvalue weighted by Crippen LogP contribution is -2.23. The molecule has 576 valence electrons. The third-order valence-corrected chi connectivity index (χ3v) is 17.9. The summed E-state index contributed by atoms with van der Waals surface area (Å²) in [7, 11) is 0. The number of aromatic amines is 3.